The number of carboxylic acid groups (broad SMARTS) is 1. The normalized spacial score (nSPS) is 10.4. The van der Waals surface area contributed by atoms with Gasteiger partial charge < -0.3 is 19.0 Å². The van der Waals surface area contributed by atoms with E-state index in [9.17, 15) is 4.79 Å². The third kappa shape index (κ3) is 4.24. The molecule has 0 aliphatic carbocycles. The summed E-state index contributed by atoms with van der Waals surface area (Å²) < 4.78 is 16.3. The van der Waals surface area contributed by atoms with Gasteiger partial charge in [0.05, 0.1) is 18.7 Å². The first-order chi connectivity index (χ1) is 10.1. The minimum absolute atomic E-state index is 0.147. The number of aromatic nitrogens is 1. The van der Waals surface area contributed by atoms with Gasteiger partial charge in [-0.15, -0.1) is 0 Å². The Morgan fingerprint density at radius 3 is 2.43 bits per heavy atom. The Labute approximate surface area is 122 Å². The quantitative estimate of drug-likeness (QED) is 0.844. The number of aliphatic carboxylic acids is 1. The SMILES string of the molecule is CCOc1ccc(OCc2nc(CC(=O)O)c(C)o2)cc1. The number of ether oxygens (including phenoxy) is 2. The van der Waals surface area contributed by atoms with Crippen molar-refractivity contribution in [2.24, 2.45) is 0 Å². The van der Waals surface area contributed by atoms with Crippen molar-refractivity contribution < 1.29 is 23.8 Å². The lowest BCUT2D eigenvalue weighted by atomic mass is 10.3. The molecule has 0 saturated heterocycles. The first-order valence-corrected chi connectivity index (χ1v) is 6.61. The number of hydrogen-bond acceptors (Lipinski definition) is 5. The van der Waals surface area contributed by atoms with Crippen molar-refractivity contribution in [1.82, 2.24) is 4.98 Å². The van der Waals surface area contributed by atoms with Crippen LogP contribution >= 0.6 is 0 Å². The molecule has 0 aliphatic rings. The van der Waals surface area contributed by atoms with Gasteiger partial charge in [0.15, 0.2) is 6.61 Å². The van der Waals surface area contributed by atoms with Crippen molar-refractivity contribution in [3.8, 4) is 11.5 Å². The van der Waals surface area contributed by atoms with Crippen LogP contribution in [0.5, 0.6) is 11.5 Å². The summed E-state index contributed by atoms with van der Waals surface area (Å²) in [6, 6.07) is 7.21. The third-order valence-corrected chi connectivity index (χ3v) is 2.75. The first kappa shape index (κ1) is 14.9. The van der Waals surface area contributed by atoms with Gasteiger partial charge in [-0.1, -0.05) is 0 Å². The molecule has 1 aromatic heterocycles. The second kappa shape index (κ2) is 6.78. The van der Waals surface area contributed by atoms with Crippen molar-refractivity contribution in [2.45, 2.75) is 26.9 Å². The van der Waals surface area contributed by atoms with Gasteiger partial charge >= 0.3 is 5.97 Å². The lowest BCUT2D eigenvalue weighted by Gasteiger charge is -2.05. The summed E-state index contributed by atoms with van der Waals surface area (Å²) in [6.45, 7) is 4.37. The fourth-order valence-electron chi connectivity index (χ4n) is 1.80. The molecule has 0 radical (unpaired) electrons. The average Bonchev–Trinajstić information content (AvgIpc) is 2.78. The monoisotopic (exact) mass is 291 g/mol. The van der Waals surface area contributed by atoms with Crippen LogP contribution in [0.2, 0.25) is 0 Å². The molecular formula is C15H17NO5. The van der Waals surface area contributed by atoms with Crippen molar-refractivity contribution >= 4 is 5.97 Å². The number of oxazole rings is 1. The molecule has 0 amide bonds. The van der Waals surface area contributed by atoms with Crippen molar-refractivity contribution in [1.29, 1.82) is 0 Å². The van der Waals surface area contributed by atoms with E-state index in [4.69, 9.17) is 19.0 Å². The summed E-state index contributed by atoms with van der Waals surface area (Å²) in [5.74, 6) is 1.36. The van der Waals surface area contributed by atoms with E-state index in [-0.39, 0.29) is 13.0 Å². The minimum atomic E-state index is -0.939. The summed E-state index contributed by atoms with van der Waals surface area (Å²) in [5.41, 5.74) is 0.424. The average molecular weight is 291 g/mol. The molecule has 2 aromatic rings. The molecule has 0 spiro atoms. The predicted molar refractivity (Wildman–Crippen MR) is 74.5 cm³/mol. The summed E-state index contributed by atoms with van der Waals surface area (Å²) in [6.07, 6.45) is -0.154. The molecule has 0 saturated carbocycles. The van der Waals surface area contributed by atoms with Gasteiger partial charge in [-0.3, -0.25) is 4.79 Å². The topological polar surface area (TPSA) is 81.8 Å². The van der Waals surface area contributed by atoms with E-state index >= 15 is 0 Å². The molecule has 0 aliphatic heterocycles. The molecular weight excluding hydrogens is 274 g/mol. The molecule has 1 aromatic carbocycles. The number of benzene rings is 1. The van der Waals surface area contributed by atoms with Crippen LogP contribution in [0.1, 0.15) is 24.3 Å². The fraction of sp³-hybridized carbons (Fsp3) is 0.333. The number of hydrogen-bond donors (Lipinski definition) is 1. The van der Waals surface area contributed by atoms with Crippen LogP contribution in [0.25, 0.3) is 0 Å². The number of aryl methyl sites for hydroxylation is 1. The molecule has 6 nitrogen and oxygen atoms in total. The van der Waals surface area contributed by atoms with E-state index in [0.717, 1.165) is 5.75 Å². The van der Waals surface area contributed by atoms with E-state index in [2.05, 4.69) is 4.98 Å². The molecule has 0 fully saturated rings. The van der Waals surface area contributed by atoms with Crippen molar-refractivity contribution in [3.63, 3.8) is 0 Å². The summed E-state index contributed by atoms with van der Waals surface area (Å²) in [5, 5.41) is 8.75. The van der Waals surface area contributed by atoms with Gasteiger partial charge in [-0.05, 0) is 38.1 Å². The maximum absolute atomic E-state index is 10.7. The van der Waals surface area contributed by atoms with Crippen LogP contribution in [0.3, 0.4) is 0 Å². The standard InChI is InChI=1S/C15H17NO5/c1-3-19-11-4-6-12(7-5-11)20-9-14-16-13(8-15(17)18)10(2)21-14/h4-7H,3,8-9H2,1-2H3,(H,17,18). The summed E-state index contributed by atoms with van der Waals surface area (Å²) >= 11 is 0. The number of rotatable bonds is 7. The molecule has 21 heavy (non-hydrogen) atoms. The van der Waals surface area contributed by atoms with E-state index in [1.165, 1.54) is 0 Å². The van der Waals surface area contributed by atoms with Crippen molar-refractivity contribution in [3.05, 3.63) is 41.6 Å². The summed E-state index contributed by atoms with van der Waals surface area (Å²) in [7, 11) is 0. The van der Waals surface area contributed by atoms with Gasteiger partial charge in [-0.2, -0.15) is 0 Å². The van der Waals surface area contributed by atoms with Crippen molar-refractivity contribution in [2.75, 3.05) is 6.61 Å². The Balaban J connectivity index is 1.94. The van der Waals surface area contributed by atoms with Crippen LogP contribution in [0, 0.1) is 6.92 Å². The van der Waals surface area contributed by atoms with Crippen LogP contribution < -0.4 is 9.47 Å². The van der Waals surface area contributed by atoms with Gasteiger partial charge in [0.25, 0.3) is 0 Å². The summed E-state index contributed by atoms with van der Waals surface area (Å²) in [4.78, 5) is 14.8. The van der Waals surface area contributed by atoms with E-state index in [1.807, 2.05) is 19.1 Å². The highest BCUT2D eigenvalue weighted by Crippen LogP contribution is 2.19. The number of carbonyl (C=O) groups is 1. The predicted octanol–water partition coefficient (Wildman–Crippen LogP) is 2.59. The molecule has 2 rings (SSSR count). The smallest absolute Gasteiger partial charge is 0.309 e. The van der Waals surface area contributed by atoms with Crippen LogP contribution in [0.15, 0.2) is 28.7 Å². The highest BCUT2D eigenvalue weighted by molar-refractivity contribution is 5.69. The largest absolute Gasteiger partial charge is 0.494 e. The first-order valence-electron chi connectivity index (χ1n) is 6.61. The van der Waals surface area contributed by atoms with Crippen LogP contribution in [-0.2, 0) is 17.8 Å². The number of carboxylic acids is 1. The van der Waals surface area contributed by atoms with Gasteiger partial charge in [0.1, 0.15) is 17.3 Å². The van der Waals surface area contributed by atoms with E-state index < -0.39 is 5.97 Å². The maximum Gasteiger partial charge on any atom is 0.309 e. The number of nitrogens with zero attached hydrogens (tertiary/aromatic N) is 1. The Hall–Kier alpha value is -2.50. The second-order valence-corrected chi connectivity index (χ2v) is 4.37. The molecule has 112 valence electrons. The van der Waals surface area contributed by atoms with Gasteiger partial charge in [0.2, 0.25) is 5.89 Å². The van der Waals surface area contributed by atoms with E-state index in [1.54, 1.807) is 19.1 Å². The lowest BCUT2D eigenvalue weighted by Crippen LogP contribution is -2.02. The van der Waals surface area contributed by atoms with Crippen LogP contribution in [-0.4, -0.2) is 22.7 Å². The Morgan fingerprint density at radius 2 is 1.86 bits per heavy atom. The highest BCUT2D eigenvalue weighted by Gasteiger charge is 2.13. The van der Waals surface area contributed by atoms with Gasteiger partial charge in [-0.25, -0.2) is 4.98 Å². The van der Waals surface area contributed by atoms with Gasteiger partial charge in [0, 0.05) is 0 Å². The Bertz CT molecular complexity index is 603. The second-order valence-electron chi connectivity index (χ2n) is 4.37. The minimum Gasteiger partial charge on any atom is -0.494 e. The fourth-order valence-corrected chi connectivity index (χ4v) is 1.80. The molecule has 6 heteroatoms. The Kier molecular flexibility index (Phi) is 4.81. The molecule has 0 atom stereocenters. The zero-order valence-electron chi connectivity index (χ0n) is 12.0. The zero-order valence-corrected chi connectivity index (χ0v) is 12.0. The maximum atomic E-state index is 10.7. The molecule has 1 N–H and O–H groups in total. The third-order valence-electron chi connectivity index (χ3n) is 2.75. The molecule has 1 heterocycles. The molecule has 0 bridgehead atoms. The highest BCUT2D eigenvalue weighted by atomic mass is 16.5. The Morgan fingerprint density at radius 1 is 1.24 bits per heavy atom. The van der Waals surface area contributed by atoms with E-state index in [0.29, 0.717) is 29.7 Å². The molecule has 0 unspecified atom stereocenters. The van der Waals surface area contributed by atoms with Crippen LogP contribution in [0.4, 0.5) is 0 Å². The lowest BCUT2D eigenvalue weighted by molar-refractivity contribution is -0.136. The zero-order chi connectivity index (χ0) is 15.2.